The molecule has 0 aromatic heterocycles. The lowest BCUT2D eigenvalue weighted by Crippen LogP contribution is -2.44. The molecule has 1 atom stereocenters. The fraction of sp³-hybridized carbons (Fsp3) is 0.923. The molecule has 0 spiro atoms. The minimum Gasteiger partial charge on any atom is -0.379 e. The van der Waals surface area contributed by atoms with Gasteiger partial charge in [0.25, 0.3) is 0 Å². The number of nitrogens with zero attached hydrogens (tertiary/aromatic N) is 2. The first-order valence-corrected chi connectivity index (χ1v) is 7.33. The summed E-state index contributed by atoms with van der Waals surface area (Å²) >= 11 is 0. The minimum absolute atomic E-state index is 0.165. The van der Waals surface area contributed by atoms with E-state index in [0.29, 0.717) is 19.0 Å². The van der Waals surface area contributed by atoms with Crippen LogP contribution in [0.1, 0.15) is 20.3 Å². The Morgan fingerprint density at radius 3 is 2.52 bits per heavy atom. The molecule has 0 aliphatic carbocycles. The molecule has 0 aromatic rings. The van der Waals surface area contributed by atoms with E-state index in [1.54, 1.807) is 0 Å². The van der Waals surface area contributed by atoms with Gasteiger partial charge in [-0.1, -0.05) is 0 Å². The van der Waals surface area contributed by atoms with Crippen LogP contribution in [0.25, 0.3) is 0 Å². The van der Waals surface area contributed by atoms with Crippen LogP contribution in [-0.4, -0.2) is 69.0 Å². The summed E-state index contributed by atoms with van der Waals surface area (Å²) in [5, 5.41) is 5.67. The molecule has 1 unspecified atom stereocenters. The third kappa shape index (κ3) is 8.11. The third-order valence-electron chi connectivity index (χ3n) is 3.23. The van der Waals surface area contributed by atoms with E-state index in [2.05, 4.69) is 27.4 Å². The summed E-state index contributed by atoms with van der Waals surface area (Å²) in [6, 6.07) is 0.243. The summed E-state index contributed by atoms with van der Waals surface area (Å²) in [5.41, 5.74) is 0. The van der Waals surface area contributed by atoms with Crippen molar-refractivity contribution in [1.82, 2.24) is 15.5 Å². The lowest BCUT2D eigenvalue weighted by molar-refractivity contribution is -0.132. The zero-order chi connectivity index (χ0) is 15.7. The number of hydrogen-bond donors (Lipinski definition) is 2. The highest BCUT2D eigenvalue weighted by atomic mass is 19.4. The average molecular weight is 310 g/mol. The Balaban J connectivity index is 2.38. The van der Waals surface area contributed by atoms with Gasteiger partial charge in [-0.2, -0.15) is 13.2 Å². The quantitative estimate of drug-likeness (QED) is 0.572. The van der Waals surface area contributed by atoms with Crippen LogP contribution >= 0.6 is 0 Å². The number of rotatable bonds is 6. The number of morpholine rings is 1. The zero-order valence-electron chi connectivity index (χ0n) is 12.7. The first kappa shape index (κ1) is 18.0. The second-order valence-electron chi connectivity index (χ2n) is 5.01. The van der Waals surface area contributed by atoms with Gasteiger partial charge in [-0.15, -0.1) is 0 Å². The van der Waals surface area contributed by atoms with Crippen molar-refractivity contribution in [2.45, 2.75) is 32.5 Å². The van der Waals surface area contributed by atoms with Crippen molar-refractivity contribution in [2.24, 2.45) is 4.99 Å². The summed E-state index contributed by atoms with van der Waals surface area (Å²) < 4.78 is 41.7. The molecule has 0 radical (unpaired) electrons. The van der Waals surface area contributed by atoms with Gasteiger partial charge in [-0.25, -0.2) is 0 Å². The molecule has 1 saturated heterocycles. The summed E-state index contributed by atoms with van der Waals surface area (Å²) in [7, 11) is 0. The Bertz CT molecular complexity index is 317. The van der Waals surface area contributed by atoms with Gasteiger partial charge in [0, 0.05) is 32.2 Å². The third-order valence-corrected chi connectivity index (χ3v) is 3.23. The van der Waals surface area contributed by atoms with Crippen LogP contribution in [0.15, 0.2) is 4.99 Å². The largest absolute Gasteiger partial charge is 0.390 e. The maximum Gasteiger partial charge on any atom is 0.390 e. The van der Waals surface area contributed by atoms with E-state index in [1.165, 1.54) is 0 Å². The van der Waals surface area contributed by atoms with Gasteiger partial charge in [0.2, 0.25) is 0 Å². The Hall–Kier alpha value is -1.02. The van der Waals surface area contributed by atoms with Gasteiger partial charge >= 0.3 is 6.18 Å². The van der Waals surface area contributed by atoms with E-state index in [4.69, 9.17) is 4.74 Å². The monoisotopic (exact) mass is 310 g/mol. The summed E-state index contributed by atoms with van der Waals surface area (Å²) in [5.74, 6) is 0.432. The Kier molecular flexibility index (Phi) is 7.81. The molecule has 8 heteroatoms. The number of guanidine groups is 1. The van der Waals surface area contributed by atoms with Crippen LogP contribution in [-0.2, 0) is 4.74 Å². The van der Waals surface area contributed by atoms with E-state index in [1.807, 2.05) is 6.92 Å². The van der Waals surface area contributed by atoms with Gasteiger partial charge < -0.3 is 15.4 Å². The van der Waals surface area contributed by atoms with E-state index in [-0.39, 0.29) is 12.6 Å². The van der Waals surface area contributed by atoms with Gasteiger partial charge in [-0.05, 0) is 13.8 Å². The fourth-order valence-electron chi connectivity index (χ4n) is 2.02. The highest BCUT2D eigenvalue weighted by Crippen LogP contribution is 2.18. The molecule has 1 heterocycles. The second-order valence-corrected chi connectivity index (χ2v) is 5.01. The van der Waals surface area contributed by atoms with Crippen LogP contribution in [0, 0.1) is 0 Å². The standard InChI is InChI=1S/C13H25F3N4O/c1-3-17-12(18-5-4-13(14,15)16)19-10-11(2)20-6-8-21-9-7-20/h11H,3-10H2,1-2H3,(H2,17,18,19). The highest BCUT2D eigenvalue weighted by Gasteiger charge is 2.26. The van der Waals surface area contributed by atoms with Crippen molar-refractivity contribution >= 4 is 5.96 Å². The van der Waals surface area contributed by atoms with Crippen LogP contribution < -0.4 is 10.6 Å². The van der Waals surface area contributed by atoms with Crippen molar-refractivity contribution in [3.8, 4) is 0 Å². The van der Waals surface area contributed by atoms with Crippen LogP contribution in [0.2, 0.25) is 0 Å². The normalized spacial score (nSPS) is 19.4. The van der Waals surface area contributed by atoms with Crippen molar-refractivity contribution < 1.29 is 17.9 Å². The summed E-state index contributed by atoms with van der Waals surface area (Å²) in [6.45, 7) is 8.12. The molecule has 0 amide bonds. The average Bonchev–Trinajstić information content (AvgIpc) is 2.44. The second kappa shape index (κ2) is 9.09. The molecule has 124 valence electrons. The van der Waals surface area contributed by atoms with Crippen molar-refractivity contribution in [2.75, 3.05) is 45.9 Å². The van der Waals surface area contributed by atoms with Gasteiger partial charge in [0.05, 0.1) is 26.2 Å². The fourth-order valence-corrected chi connectivity index (χ4v) is 2.02. The number of alkyl halides is 3. The predicted octanol–water partition coefficient (Wildman–Crippen LogP) is 1.21. The number of aliphatic imine (C=N–C) groups is 1. The van der Waals surface area contributed by atoms with Crippen LogP contribution in [0.5, 0.6) is 0 Å². The topological polar surface area (TPSA) is 48.9 Å². The molecule has 1 fully saturated rings. The van der Waals surface area contributed by atoms with E-state index < -0.39 is 12.6 Å². The molecular weight excluding hydrogens is 285 g/mol. The Morgan fingerprint density at radius 2 is 1.95 bits per heavy atom. The van der Waals surface area contributed by atoms with Crippen molar-refractivity contribution in [3.63, 3.8) is 0 Å². The highest BCUT2D eigenvalue weighted by molar-refractivity contribution is 5.79. The lowest BCUT2D eigenvalue weighted by atomic mass is 10.2. The van der Waals surface area contributed by atoms with Crippen molar-refractivity contribution in [1.29, 1.82) is 0 Å². The SMILES string of the molecule is CCNC(=NCC(C)N1CCOCC1)NCCC(F)(F)F. The van der Waals surface area contributed by atoms with Gasteiger partial charge in [0.15, 0.2) is 5.96 Å². The Morgan fingerprint density at radius 1 is 1.29 bits per heavy atom. The number of halogens is 3. The summed E-state index contributed by atoms with van der Waals surface area (Å²) in [4.78, 5) is 6.62. The molecule has 5 nitrogen and oxygen atoms in total. The number of ether oxygens (including phenoxy) is 1. The number of nitrogens with one attached hydrogen (secondary N) is 2. The molecule has 1 aliphatic heterocycles. The molecule has 21 heavy (non-hydrogen) atoms. The zero-order valence-corrected chi connectivity index (χ0v) is 12.7. The minimum atomic E-state index is -4.15. The van der Waals surface area contributed by atoms with E-state index >= 15 is 0 Å². The number of hydrogen-bond acceptors (Lipinski definition) is 3. The Labute approximate surface area is 123 Å². The molecular formula is C13H25F3N4O. The summed E-state index contributed by atoms with van der Waals surface area (Å²) in [6.07, 6.45) is -5.01. The smallest absolute Gasteiger partial charge is 0.379 e. The molecule has 0 saturated carbocycles. The van der Waals surface area contributed by atoms with Gasteiger partial charge in [0.1, 0.15) is 0 Å². The van der Waals surface area contributed by atoms with E-state index in [9.17, 15) is 13.2 Å². The lowest BCUT2D eigenvalue weighted by Gasteiger charge is -2.31. The maximum atomic E-state index is 12.1. The first-order valence-electron chi connectivity index (χ1n) is 7.33. The van der Waals surface area contributed by atoms with Gasteiger partial charge in [-0.3, -0.25) is 9.89 Å². The molecule has 0 bridgehead atoms. The van der Waals surface area contributed by atoms with Crippen LogP contribution in [0.3, 0.4) is 0 Å². The molecule has 1 aliphatic rings. The molecule has 1 rings (SSSR count). The first-order chi connectivity index (χ1) is 9.92. The molecule has 0 aromatic carbocycles. The van der Waals surface area contributed by atoms with Crippen molar-refractivity contribution in [3.05, 3.63) is 0 Å². The predicted molar refractivity (Wildman–Crippen MR) is 76.5 cm³/mol. The van der Waals surface area contributed by atoms with Crippen LogP contribution in [0.4, 0.5) is 13.2 Å². The maximum absolute atomic E-state index is 12.1. The molecule has 2 N–H and O–H groups in total. The van der Waals surface area contributed by atoms with E-state index in [0.717, 1.165) is 26.3 Å².